The van der Waals surface area contributed by atoms with Crippen molar-refractivity contribution < 1.29 is 27.9 Å². The Kier molecular flexibility index (Phi) is 9.14. The molecule has 1 heterocycles. The molecule has 9 nitrogen and oxygen atoms in total. The summed E-state index contributed by atoms with van der Waals surface area (Å²) >= 11 is 0. The van der Waals surface area contributed by atoms with E-state index >= 15 is 0 Å². The Morgan fingerprint density at radius 2 is 1.76 bits per heavy atom. The highest BCUT2D eigenvalue weighted by molar-refractivity contribution is 5.99. The topological polar surface area (TPSA) is 125 Å². The van der Waals surface area contributed by atoms with Crippen LogP contribution in [-0.4, -0.2) is 46.6 Å². The van der Waals surface area contributed by atoms with Crippen LogP contribution in [0.2, 0.25) is 0 Å². The summed E-state index contributed by atoms with van der Waals surface area (Å²) in [5.41, 5.74) is 2.29. The Labute approximate surface area is 243 Å². The SMILES string of the molecule is CC(C)(C)OC(=O)NCCC(=O)Nc1ccc(Cn2c(C(=O)NC3CCC(F)(F)CC3)cc3ccc(C#N)cc32)cc1. The summed E-state index contributed by atoms with van der Waals surface area (Å²) in [6, 6.07) is 15.8. The van der Waals surface area contributed by atoms with E-state index in [0.29, 0.717) is 29.0 Å². The third-order valence-corrected chi connectivity index (χ3v) is 6.92. The molecule has 2 aromatic carbocycles. The molecule has 222 valence electrons. The van der Waals surface area contributed by atoms with Crippen LogP contribution in [0.15, 0.2) is 48.5 Å². The maximum Gasteiger partial charge on any atom is 0.407 e. The molecule has 0 spiro atoms. The van der Waals surface area contributed by atoms with Crippen LogP contribution in [0.4, 0.5) is 19.3 Å². The maximum atomic E-state index is 13.6. The molecule has 3 aromatic rings. The van der Waals surface area contributed by atoms with Gasteiger partial charge in [-0.1, -0.05) is 18.2 Å². The minimum Gasteiger partial charge on any atom is -0.444 e. The summed E-state index contributed by atoms with van der Waals surface area (Å²) in [6.07, 6.45) is -0.615. The zero-order valence-electron chi connectivity index (χ0n) is 23.9. The summed E-state index contributed by atoms with van der Waals surface area (Å²) in [5.74, 6) is -3.32. The van der Waals surface area contributed by atoms with Gasteiger partial charge in [-0.15, -0.1) is 0 Å². The summed E-state index contributed by atoms with van der Waals surface area (Å²) in [4.78, 5) is 37.4. The molecule has 42 heavy (non-hydrogen) atoms. The molecule has 4 rings (SSSR count). The van der Waals surface area contributed by atoms with Crippen LogP contribution in [0.25, 0.3) is 10.9 Å². The number of benzene rings is 2. The third kappa shape index (κ3) is 8.28. The highest BCUT2D eigenvalue weighted by Gasteiger charge is 2.35. The minimum absolute atomic E-state index is 0.0642. The highest BCUT2D eigenvalue weighted by atomic mass is 19.3. The molecule has 1 fully saturated rings. The van der Waals surface area contributed by atoms with Crippen molar-refractivity contribution in [3.63, 3.8) is 0 Å². The number of fused-ring (bicyclic) bond motifs is 1. The van der Waals surface area contributed by atoms with Crippen molar-refractivity contribution in [1.82, 2.24) is 15.2 Å². The smallest absolute Gasteiger partial charge is 0.407 e. The number of anilines is 1. The first-order valence-corrected chi connectivity index (χ1v) is 13.9. The summed E-state index contributed by atoms with van der Waals surface area (Å²) in [7, 11) is 0. The number of halogens is 2. The van der Waals surface area contributed by atoms with E-state index in [1.165, 1.54) is 0 Å². The van der Waals surface area contributed by atoms with Gasteiger partial charge >= 0.3 is 6.09 Å². The third-order valence-electron chi connectivity index (χ3n) is 6.92. The lowest BCUT2D eigenvalue weighted by Gasteiger charge is -2.28. The molecule has 1 aromatic heterocycles. The van der Waals surface area contributed by atoms with Gasteiger partial charge in [0.05, 0.1) is 17.1 Å². The van der Waals surface area contributed by atoms with Crippen LogP contribution in [0.3, 0.4) is 0 Å². The number of rotatable bonds is 8. The number of carbonyl (C=O) groups is 3. The number of carbonyl (C=O) groups excluding carboxylic acids is 3. The van der Waals surface area contributed by atoms with Gasteiger partial charge in [0, 0.05) is 49.5 Å². The molecule has 1 aliphatic carbocycles. The minimum atomic E-state index is -2.69. The summed E-state index contributed by atoms with van der Waals surface area (Å²) in [5, 5.41) is 18.4. The molecule has 1 aliphatic rings. The normalized spacial score (nSPS) is 15.0. The van der Waals surface area contributed by atoms with Crippen molar-refractivity contribution in [3.05, 3.63) is 65.4 Å². The molecular formula is C31H35F2N5O4. The van der Waals surface area contributed by atoms with Gasteiger partial charge in [0.2, 0.25) is 11.8 Å². The van der Waals surface area contributed by atoms with Crippen LogP contribution in [-0.2, 0) is 16.1 Å². The Morgan fingerprint density at radius 3 is 2.40 bits per heavy atom. The number of hydrogen-bond donors (Lipinski definition) is 3. The fourth-order valence-electron chi connectivity index (χ4n) is 4.82. The van der Waals surface area contributed by atoms with Gasteiger partial charge in [0.25, 0.3) is 5.91 Å². The number of hydrogen-bond acceptors (Lipinski definition) is 5. The molecule has 0 unspecified atom stereocenters. The van der Waals surface area contributed by atoms with Crippen LogP contribution in [0.5, 0.6) is 0 Å². The first-order valence-electron chi connectivity index (χ1n) is 13.9. The zero-order valence-corrected chi connectivity index (χ0v) is 23.9. The maximum absolute atomic E-state index is 13.6. The molecule has 3 N–H and O–H groups in total. The summed E-state index contributed by atoms with van der Waals surface area (Å²) in [6.45, 7) is 5.69. The van der Waals surface area contributed by atoms with Crippen molar-refractivity contribution in [2.45, 2.75) is 77.0 Å². The molecule has 0 saturated heterocycles. The molecular weight excluding hydrogens is 544 g/mol. The van der Waals surface area contributed by atoms with Gasteiger partial charge in [-0.2, -0.15) is 5.26 Å². The fraction of sp³-hybridized carbons (Fsp3) is 0.419. The van der Waals surface area contributed by atoms with Crippen molar-refractivity contribution in [3.8, 4) is 6.07 Å². The second-order valence-corrected chi connectivity index (χ2v) is 11.5. The van der Waals surface area contributed by atoms with Gasteiger partial charge in [-0.25, -0.2) is 13.6 Å². The van der Waals surface area contributed by atoms with Crippen molar-refractivity contribution in [1.29, 1.82) is 5.26 Å². The monoisotopic (exact) mass is 579 g/mol. The second kappa shape index (κ2) is 12.6. The van der Waals surface area contributed by atoms with Crippen LogP contribution >= 0.6 is 0 Å². The highest BCUT2D eigenvalue weighted by Crippen LogP contribution is 2.33. The lowest BCUT2D eigenvalue weighted by Crippen LogP contribution is -2.40. The number of ether oxygens (including phenoxy) is 1. The van der Waals surface area contributed by atoms with Gasteiger partial charge < -0.3 is 25.3 Å². The van der Waals surface area contributed by atoms with Crippen LogP contribution in [0, 0.1) is 11.3 Å². The second-order valence-electron chi connectivity index (χ2n) is 11.5. The van der Waals surface area contributed by atoms with Gasteiger partial charge in [0.15, 0.2) is 0 Å². The average Bonchev–Trinajstić information content (AvgIpc) is 3.27. The van der Waals surface area contributed by atoms with Gasteiger partial charge in [0.1, 0.15) is 11.3 Å². The Morgan fingerprint density at radius 1 is 1.07 bits per heavy atom. The number of nitrogens with zero attached hydrogens (tertiary/aromatic N) is 2. The van der Waals surface area contributed by atoms with E-state index < -0.39 is 17.6 Å². The Hall–Kier alpha value is -4.46. The van der Waals surface area contributed by atoms with Crippen LogP contribution < -0.4 is 16.0 Å². The number of alkyl halides is 2. The number of nitrogens with one attached hydrogen (secondary N) is 3. The van der Waals surface area contributed by atoms with E-state index in [0.717, 1.165) is 10.9 Å². The van der Waals surface area contributed by atoms with Gasteiger partial charge in [-0.05, 0) is 69.5 Å². The number of amides is 3. The number of nitriles is 1. The van der Waals surface area contributed by atoms with Gasteiger partial charge in [-0.3, -0.25) is 9.59 Å². The quantitative estimate of drug-likeness (QED) is 0.315. The number of alkyl carbamates (subject to hydrolysis) is 1. The van der Waals surface area contributed by atoms with Crippen LogP contribution in [0.1, 0.15) is 74.5 Å². The zero-order chi connectivity index (χ0) is 30.5. The molecule has 0 aliphatic heterocycles. The van der Waals surface area contributed by atoms with Crippen molar-refractivity contribution in [2.24, 2.45) is 0 Å². The molecule has 3 amide bonds. The standard InChI is InChI=1S/C31H35F2N5O4/c1-30(2,3)42-29(41)35-15-12-27(39)36-23-8-5-20(6-9-23)19-38-25-16-21(18-34)4-7-22(25)17-26(38)28(40)37-24-10-13-31(32,33)14-11-24/h4-9,16-17,24H,10-15,19H2,1-3H3,(H,35,41)(H,36,39)(H,37,40). The fourth-order valence-corrected chi connectivity index (χ4v) is 4.82. The predicted octanol–water partition coefficient (Wildman–Crippen LogP) is 5.72. The Balaban J connectivity index is 1.43. The molecule has 0 radical (unpaired) electrons. The van der Waals surface area contributed by atoms with Crippen molar-refractivity contribution >= 4 is 34.5 Å². The molecule has 11 heteroatoms. The molecule has 0 atom stereocenters. The van der Waals surface area contributed by atoms with E-state index in [1.54, 1.807) is 61.7 Å². The van der Waals surface area contributed by atoms with E-state index in [9.17, 15) is 28.4 Å². The summed E-state index contributed by atoms with van der Waals surface area (Å²) < 4.78 is 34.2. The lowest BCUT2D eigenvalue weighted by atomic mass is 9.92. The predicted molar refractivity (Wildman–Crippen MR) is 154 cm³/mol. The van der Waals surface area contributed by atoms with E-state index in [-0.39, 0.29) is 56.5 Å². The average molecular weight is 580 g/mol. The Bertz CT molecular complexity index is 1490. The van der Waals surface area contributed by atoms with E-state index in [2.05, 4.69) is 22.0 Å². The van der Waals surface area contributed by atoms with E-state index in [4.69, 9.17) is 4.74 Å². The van der Waals surface area contributed by atoms with E-state index in [1.807, 2.05) is 12.1 Å². The lowest BCUT2D eigenvalue weighted by molar-refractivity contribution is -0.116. The van der Waals surface area contributed by atoms with Crippen molar-refractivity contribution in [2.75, 3.05) is 11.9 Å². The molecule has 0 bridgehead atoms. The number of aromatic nitrogens is 1. The first-order chi connectivity index (χ1) is 19.8. The molecule has 1 saturated carbocycles. The first kappa shape index (κ1) is 30.5. The largest absolute Gasteiger partial charge is 0.444 e.